The van der Waals surface area contributed by atoms with Gasteiger partial charge >= 0.3 is 0 Å². The smallest absolute Gasteiger partial charge is 0.258 e. The molecule has 1 amide bonds. The lowest BCUT2D eigenvalue weighted by molar-refractivity contribution is 0.0985. The molecule has 0 saturated carbocycles. The molecule has 0 aromatic heterocycles. The van der Waals surface area contributed by atoms with Gasteiger partial charge in [-0.15, -0.1) is 0 Å². The summed E-state index contributed by atoms with van der Waals surface area (Å²) in [5.74, 6) is 0.0303. The molecule has 1 aliphatic rings. The second-order valence-corrected chi connectivity index (χ2v) is 5.59. The van der Waals surface area contributed by atoms with Crippen LogP contribution in [0.1, 0.15) is 27.9 Å². The number of para-hydroxylation sites is 1. The lowest BCUT2D eigenvalue weighted by Gasteiger charge is -2.31. The molecule has 2 aromatic carbocycles. The number of anilines is 1. The van der Waals surface area contributed by atoms with Crippen LogP contribution in [0.4, 0.5) is 5.69 Å². The molecule has 1 aliphatic heterocycles. The molecule has 2 aromatic rings. The molecule has 0 bridgehead atoms. The SMILES string of the molecule is Cc1cccc2c1N(C(=O)c1cccc(Cl)c1)CCC2. The normalized spacial score (nSPS) is 14.0. The monoisotopic (exact) mass is 285 g/mol. The fourth-order valence-electron chi connectivity index (χ4n) is 2.83. The van der Waals surface area contributed by atoms with Crippen LogP contribution >= 0.6 is 11.6 Å². The maximum atomic E-state index is 12.7. The zero-order valence-corrected chi connectivity index (χ0v) is 12.2. The Morgan fingerprint density at radius 3 is 2.80 bits per heavy atom. The fraction of sp³-hybridized carbons (Fsp3) is 0.235. The number of rotatable bonds is 1. The van der Waals surface area contributed by atoms with Crippen molar-refractivity contribution in [3.8, 4) is 0 Å². The first kappa shape index (κ1) is 13.2. The number of carbonyl (C=O) groups is 1. The van der Waals surface area contributed by atoms with Gasteiger partial charge in [0.1, 0.15) is 0 Å². The first-order valence-corrected chi connectivity index (χ1v) is 7.20. The first-order valence-electron chi connectivity index (χ1n) is 6.83. The number of hydrogen-bond donors (Lipinski definition) is 0. The van der Waals surface area contributed by atoms with Crippen LogP contribution in [0.5, 0.6) is 0 Å². The number of halogens is 1. The van der Waals surface area contributed by atoms with E-state index in [9.17, 15) is 4.79 Å². The third-order valence-corrected chi connectivity index (χ3v) is 3.97. The summed E-state index contributed by atoms with van der Waals surface area (Å²) in [6, 6.07) is 13.4. The van der Waals surface area contributed by atoms with Crippen molar-refractivity contribution >= 4 is 23.2 Å². The lowest BCUT2D eigenvalue weighted by Crippen LogP contribution is -2.36. The third kappa shape index (κ3) is 2.32. The van der Waals surface area contributed by atoms with Crippen LogP contribution in [0.3, 0.4) is 0 Å². The summed E-state index contributed by atoms with van der Waals surface area (Å²) in [4.78, 5) is 14.6. The Hall–Kier alpha value is -1.80. The van der Waals surface area contributed by atoms with Crippen molar-refractivity contribution < 1.29 is 4.79 Å². The minimum absolute atomic E-state index is 0.0303. The Bertz CT molecular complexity index is 666. The van der Waals surface area contributed by atoms with E-state index < -0.39 is 0 Å². The van der Waals surface area contributed by atoms with E-state index in [0.29, 0.717) is 10.6 Å². The van der Waals surface area contributed by atoms with E-state index >= 15 is 0 Å². The van der Waals surface area contributed by atoms with Gasteiger partial charge in [0, 0.05) is 17.1 Å². The van der Waals surface area contributed by atoms with Gasteiger partial charge in [-0.25, -0.2) is 0 Å². The number of amides is 1. The van der Waals surface area contributed by atoms with Gasteiger partial charge in [0.15, 0.2) is 0 Å². The highest BCUT2D eigenvalue weighted by Gasteiger charge is 2.24. The fourth-order valence-corrected chi connectivity index (χ4v) is 3.02. The Balaban J connectivity index is 2.03. The molecular weight excluding hydrogens is 270 g/mol. The number of carbonyl (C=O) groups excluding carboxylic acids is 1. The number of benzene rings is 2. The van der Waals surface area contributed by atoms with E-state index in [2.05, 4.69) is 25.1 Å². The van der Waals surface area contributed by atoms with Crippen LogP contribution in [-0.4, -0.2) is 12.5 Å². The van der Waals surface area contributed by atoms with Crippen LogP contribution in [0, 0.1) is 6.92 Å². The minimum atomic E-state index is 0.0303. The van der Waals surface area contributed by atoms with Gasteiger partial charge in [0.25, 0.3) is 5.91 Å². The molecule has 0 spiro atoms. The Morgan fingerprint density at radius 1 is 1.20 bits per heavy atom. The highest BCUT2D eigenvalue weighted by atomic mass is 35.5. The Morgan fingerprint density at radius 2 is 2.00 bits per heavy atom. The molecule has 20 heavy (non-hydrogen) atoms. The Labute approximate surface area is 124 Å². The summed E-state index contributed by atoms with van der Waals surface area (Å²) in [6.07, 6.45) is 2.04. The van der Waals surface area contributed by atoms with Gasteiger partial charge in [-0.1, -0.05) is 35.9 Å². The molecule has 0 atom stereocenters. The largest absolute Gasteiger partial charge is 0.308 e. The maximum Gasteiger partial charge on any atom is 0.258 e. The van der Waals surface area contributed by atoms with Crippen LogP contribution in [-0.2, 0) is 6.42 Å². The van der Waals surface area contributed by atoms with Crippen LogP contribution in [0.25, 0.3) is 0 Å². The summed E-state index contributed by atoms with van der Waals surface area (Å²) in [6.45, 7) is 2.83. The zero-order valence-electron chi connectivity index (χ0n) is 11.4. The highest BCUT2D eigenvalue weighted by molar-refractivity contribution is 6.31. The molecule has 0 radical (unpaired) electrons. The number of nitrogens with zero attached hydrogens (tertiary/aromatic N) is 1. The molecular formula is C17H16ClNO. The zero-order chi connectivity index (χ0) is 14.1. The van der Waals surface area contributed by atoms with E-state index in [-0.39, 0.29) is 5.91 Å². The predicted molar refractivity (Wildman–Crippen MR) is 82.6 cm³/mol. The van der Waals surface area contributed by atoms with Crippen molar-refractivity contribution in [2.24, 2.45) is 0 Å². The highest BCUT2D eigenvalue weighted by Crippen LogP contribution is 2.31. The third-order valence-electron chi connectivity index (χ3n) is 3.74. The molecule has 0 aliphatic carbocycles. The number of aryl methyl sites for hydroxylation is 2. The van der Waals surface area contributed by atoms with Crippen LogP contribution in [0.15, 0.2) is 42.5 Å². The van der Waals surface area contributed by atoms with Crippen molar-refractivity contribution in [1.29, 1.82) is 0 Å². The molecule has 102 valence electrons. The van der Waals surface area contributed by atoms with Gasteiger partial charge < -0.3 is 4.90 Å². The van der Waals surface area contributed by atoms with E-state index in [1.165, 1.54) is 5.56 Å². The quantitative estimate of drug-likeness (QED) is 0.767. The summed E-state index contributed by atoms with van der Waals surface area (Å²) in [5.41, 5.74) is 4.13. The van der Waals surface area contributed by atoms with Crippen molar-refractivity contribution in [2.75, 3.05) is 11.4 Å². The standard InChI is InChI=1S/C17H16ClNO/c1-12-5-2-6-13-8-4-10-19(16(12)13)17(20)14-7-3-9-15(18)11-14/h2-3,5-7,9,11H,4,8,10H2,1H3. The van der Waals surface area contributed by atoms with Crippen molar-refractivity contribution in [1.82, 2.24) is 0 Å². The average Bonchev–Trinajstić information content (AvgIpc) is 2.46. The molecule has 2 nitrogen and oxygen atoms in total. The van der Waals surface area contributed by atoms with E-state index in [1.54, 1.807) is 12.1 Å². The van der Waals surface area contributed by atoms with E-state index in [0.717, 1.165) is 30.6 Å². The molecule has 0 N–H and O–H groups in total. The summed E-state index contributed by atoms with van der Waals surface area (Å²) in [5, 5.41) is 0.595. The number of fused-ring (bicyclic) bond motifs is 1. The molecule has 1 heterocycles. The first-order chi connectivity index (χ1) is 9.66. The molecule has 0 fully saturated rings. The number of hydrogen-bond acceptors (Lipinski definition) is 1. The van der Waals surface area contributed by atoms with Crippen LogP contribution in [0.2, 0.25) is 5.02 Å². The lowest BCUT2D eigenvalue weighted by atomic mass is 9.97. The summed E-state index contributed by atoms with van der Waals surface area (Å²) >= 11 is 5.99. The second-order valence-electron chi connectivity index (χ2n) is 5.15. The van der Waals surface area contributed by atoms with Crippen molar-refractivity contribution in [2.45, 2.75) is 19.8 Å². The maximum absolute atomic E-state index is 12.7. The second kappa shape index (κ2) is 5.29. The van der Waals surface area contributed by atoms with Gasteiger partial charge in [-0.05, 0) is 49.1 Å². The topological polar surface area (TPSA) is 20.3 Å². The molecule has 0 unspecified atom stereocenters. The van der Waals surface area contributed by atoms with Gasteiger partial charge in [0.2, 0.25) is 0 Å². The van der Waals surface area contributed by atoms with Crippen molar-refractivity contribution in [3.05, 3.63) is 64.2 Å². The van der Waals surface area contributed by atoms with Crippen LogP contribution < -0.4 is 4.90 Å². The van der Waals surface area contributed by atoms with Gasteiger partial charge in [-0.2, -0.15) is 0 Å². The van der Waals surface area contributed by atoms with E-state index in [1.807, 2.05) is 17.0 Å². The molecule has 3 heteroatoms. The summed E-state index contributed by atoms with van der Waals surface area (Å²) < 4.78 is 0. The van der Waals surface area contributed by atoms with Gasteiger partial charge in [-0.3, -0.25) is 4.79 Å². The average molecular weight is 286 g/mol. The minimum Gasteiger partial charge on any atom is -0.308 e. The van der Waals surface area contributed by atoms with Gasteiger partial charge in [0.05, 0.1) is 5.69 Å². The van der Waals surface area contributed by atoms with E-state index in [4.69, 9.17) is 11.6 Å². The predicted octanol–water partition coefficient (Wildman–Crippen LogP) is 4.24. The van der Waals surface area contributed by atoms with Crippen molar-refractivity contribution in [3.63, 3.8) is 0 Å². The summed E-state index contributed by atoms with van der Waals surface area (Å²) in [7, 11) is 0. The Kier molecular flexibility index (Phi) is 3.49. The molecule has 3 rings (SSSR count). The molecule has 0 saturated heterocycles.